The van der Waals surface area contributed by atoms with Gasteiger partial charge in [-0.25, -0.2) is 9.67 Å². The van der Waals surface area contributed by atoms with Gasteiger partial charge in [-0.15, -0.1) is 11.3 Å². The summed E-state index contributed by atoms with van der Waals surface area (Å²) >= 11 is 7.42. The van der Waals surface area contributed by atoms with Gasteiger partial charge in [0.1, 0.15) is 17.3 Å². The van der Waals surface area contributed by atoms with Crippen LogP contribution in [0.15, 0.2) is 47.9 Å². The maximum absolute atomic E-state index is 12.8. The van der Waals surface area contributed by atoms with E-state index in [9.17, 15) is 18.0 Å². The Morgan fingerprint density at radius 3 is 2.67 bits per heavy atom. The Hall–Kier alpha value is -2.89. The van der Waals surface area contributed by atoms with Crippen molar-refractivity contribution in [3.63, 3.8) is 0 Å². The second-order valence-electron chi connectivity index (χ2n) is 8.97. The molecule has 1 saturated heterocycles. The van der Waals surface area contributed by atoms with Crippen LogP contribution in [0.2, 0.25) is 5.15 Å². The predicted molar refractivity (Wildman–Crippen MR) is 129 cm³/mol. The maximum atomic E-state index is 12.8. The third-order valence-corrected chi connectivity index (χ3v) is 7.75. The Morgan fingerprint density at radius 2 is 2.00 bits per heavy atom. The number of nitrogens with zero attached hydrogens (tertiary/aromatic N) is 4. The number of aromatic nitrogens is 3. The highest BCUT2D eigenvalue weighted by Crippen LogP contribution is 2.37. The lowest BCUT2D eigenvalue weighted by molar-refractivity contribution is -0.142. The summed E-state index contributed by atoms with van der Waals surface area (Å²) in [5, 5.41) is 6.19. The fourth-order valence-corrected chi connectivity index (χ4v) is 5.57. The monoisotopic (exact) mass is 537 g/mol. The lowest BCUT2D eigenvalue weighted by atomic mass is 9.95. The number of piperidine rings is 1. The van der Waals surface area contributed by atoms with Crippen LogP contribution in [0.3, 0.4) is 0 Å². The first-order valence-corrected chi connectivity index (χ1v) is 12.6. The van der Waals surface area contributed by atoms with Crippen LogP contribution in [0.4, 0.5) is 13.2 Å². The van der Waals surface area contributed by atoms with Crippen LogP contribution >= 0.6 is 22.9 Å². The van der Waals surface area contributed by atoms with Gasteiger partial charge in [-0.05, 0) is 31.4 Å². The van der Waals surface area contributed by atoms with Crippen molar-refractivity contribution in [3.05, 3.63) is 75.0 Å². The first-order valence-electron chi connectivity index (χ1n) is 11.4. The lowest BCUT2D eigenvalue weighted by Gasteiger charge is -2.31. The van der Waals surface area contributed by atoms with Crippen molar-refractivity contribution in [2.45, 2.75) is 44.0 Å². The van der Waals surface area contributed by atoms with E-state index in [1.54, 1.807) is 16.2 Å². The number of hydrogen-bond donors (Lipinski definition) is 1. The summed E-state index contributed by atoms with van der Waals surface area (Å²) in [4.78, 5) is 25.0. The molecular weight excluding hydrogens is 515 g/mol. The SMILES string of the molecule is CC1(c2ccccc2)C=C(c2csc(C3CCN(C(=O)Cn4nc(C(F)(F)F)cc4Cl)CC3)n2)NO1. The molecule has 2 aliphatic rings. The van der Waals surface area contributed by atoms with Crippen molar-refractivity contribution in [2.24, 2.45) is 0 Å². The molecule has 190 valence electrons. The minimum Gasteiger partial charge on any atom is -0.341 e. The molecular formula is C24H23ClF3N5O2S. The van der Waals surface area contributed by atoms with Crippen molar-refractivity contribution in [1.82, 2.24) is 25.1 Å². The van der Waals surface area contributed by atoms with Gasteiger partial charge in [0.05, 0.1) is 16.4 Å². The number of alkyl halides is 3. The summed E-state index contributed by atoms with van der Waals surface area (Å²) in [6.07, 6.45) is -1.17. The zero-order valence-electron chi connectivity index (χ0n) is 19.3. The zero-order chi connectivity index (χ0) is 25.5. The minimum absolute atomic E-state index is 0.196. The van der Waals surface area contributed by atoms with Crippen LogP contribution in [-0.2, 0) is 28.0 Å². The molecule has 3 aromatic rings. The lowest BCUT2D eigenvalue weighted by Crippen LogP contribution is -2.40. The highest BCUT2D eigenvalue weighted by molar-refractivity contribution is 7.09. The van der Waals surface area contributed by atoms with Crippen LogP contribution < -0.4 is 5.48 Å². The normalized spacial score (nSPS) is 20.9. The molecule has 0 aliphatic carbocycles. The number of carbonyl (C=O) groups excluding carboxylic acids is 1. The van der Waals surface area contributed by atoms with Crippen LogP contribution in [0.25, 0.3) is 5.70 Å². The number of rotatable bonds is 5. The van der Waals surface area contributed by atoms with E-state index < -0.39 is 17.5 Å². The van der Waals surface area contributed by atoms with Crippen LogP contribution in [0, 0.1) is 0 Å². The number of hydrogen-bond acceptors (Lipinski definition) is 6. The molecule has 36 heavy (non-hydrogen) atoms. The van der Waals surface area contributed by atoms with Crippen molar-refractivity contribution in [1.29, 1.82) is 0 Å². The number of carbonyl (C=O) groups is 1. The Balaban J connectivity index is 1.19. The van der Waals surface area contributed by atoms with E-state index in [0.29, 0.717) is 25.9 Å². The Labute approximate surface area is 214 Å². The Kier molecular flexibility index (Phi) is 6.56. The third-order valence-electron chi connectivity index (χ3n) is 6.44. The molecule has 4 heterocycles. The van der Waals surface area contributed by atoms with E-state index in [-0.39, 0.29) is 23.5 Å². The molecule has 1 N–H and O–H groups in total. The fraction of sp³-hybridized carbons (Fsp3) is 0.375. The van der Waals surface area contributed by atoms with E-state index in [1.807, 2.05) is 48.7 Å². The van der Waals surface area contributed by atoms with Gasteiger partial charge >= 0.3 is 6.18 Å². The average Bonchev–Trinajstić information content (AvgIpc) is 3.59. The summed E-state index contributed by atoms with van der Waals surface area (Å²) in [5.41, 5.74) is 3.95. The number of halogens is 4. The average molecular weight is 538 g/mol. The molecule has 2 aliphatic heterocycles. The highest BCUT2D eigenvalue weighted by Gasteiger charge is 2.36. The van der Waals surface area contributed by atoms with Gasteiger partial charge in [-0.1, -0.05) is 41.9 Å². The summed E-state index contributed by atoms with van der Waals surface area (Å²) in [5.74, 6) is -0.119. The first-order chi connectivity index (χ1) is 17.1. The molecule has 5 rings (SSSR count). The quantitative estimate of drug-likeness (QED) is 0.484. The third kappa shape index (κ3) is 5.00. The van der Waals surface area contributed by atoms with Gasteiger partial charge in [0, 0.05) is 30.5 Å². The molecule has 0 radical (unpaired) electrons. The van der Waals surface area contributed by atoms with Crippen LogP contribution in [-0.4, -0.2) is 38.7 Å². The number of amides is 1. The second kappa shape index (κ2) is 9.53. The fourth-order valence-electron chi connectivity index (χ4n) is 4.38. The van der Waals surface area contributed by atoms with E-state index in [1.165, 1.54) is 0 Å². The number of benzene rings is 1. The molecule has 7 nitrogen and oxygen atoms in total. The first kappa shape index (κ1) is 24.8. The van der Waals surface area contributed by atoms with Gasteiger partial charge < -0.3 is 4.90 Å². The van der Waals surface area contributed by atoms with E-state index in [0.717, 1.165) is 32.7 Å². The summed E-state index contributed by atoms with van der Waals surface area (Å²) < 4.78 is 39.4. The van der Waals surface area contributed by atoms with Crippen molar-refractivity contribution in [3.8, 4) is 0 Å². The molecule has 0 saturated carbocycles. The van der Waals surface area contributed by atoms with E-state index in [2.05, 4.69) is 10.6 Å². The minimum atomic E-state index is -4.61. The Morgan fingerprint density at radius 1 is 1.28 bits per heavy atom. The topological polar surface area (TPSA) is 72.3 Å². The maximum Gasteiger partial charge on any atom is 0.435 e. The number of thiazole rings is 1. The van der Waals surface area contributed by atoms with Gasteiger partial charge in [-0.2, -0.15) is 18.3 Å². The summed E-state index contributed by atoms with van der Waals surface area (Å²) in [6, 6.07) is 10.6. The van der Waals surface area contributed by atoms with Crippen molar-refractivity contribution < 1.29 is 22.8 Å². The smallest absolute Gasteiger partial charge is 0.341 e. The second-order valence-corrected chi connectivity index (χ2v) is 10.2. The predicted octanol–water partition coefficient (Wildman–Crippen LogP) is 5.21. The van der Waals surface area contributed by atoms with Gasteiger partial charge in [0.25, 0.3) is 0 Å². The summed E-state index contributed by atoms with van der Waals surface area (Å²) in [6.45, 7) is 2.63. The molecule has 2 aromatic heterocycles. The molecule has 1 amide bonds. The van der Waals surface area contributed by atoms with Crippen molar-refractivity contribution >= 4 is 34.5 Å². The van der Waals surface area contributed by atoms with Crippen molar-refractivity contribution in [2.75, 3.05) is 13.1 Å². The highest BCUT2D eigenvalue weighted by atomic mass is 35.5. The van der Waals surface area contributed by atoms with Gasteiger partial charge in [-0.3, -0.25) is 15.1 Å². The molecule has 1 fully saturated rings. The van der Waals surface area contributed by atoms with E-state index >= 15 is 0 Å². The Bertz CT molecular complexity index is 1280. The molecule has 12 heteroatoms. The van der Waals surface area contributed by atoms with Gasteiger partial charge in [0.15, 0.2) is 5.69 Å². The number of hydroxylamine groups is 1. The number of nitrogens with one attached hydrogen (secondary N) is 1. The number of likely N-dealkylation sites (tertiary alicyclic amines) is 1. The van der Waals surface area contributed by atoms with Crippen LogP contribution in [0.1, 0.15) is 47.6 Å². The molecule has 1 aromatic carbocycles. The molecule has 1 unspecified atom stereocenters. The van der Waals surface area contributed by atoms with Gasteiger partial charge in [0.2, 0.25) is 5.91 Å². The van der Waals surface area contributed by atoms with E-state index in [4.69, 9.17) is 21.4 Å². The summed E-state index contributed by atoms with van der Waals surface area (Å²) in [7, 11) is 0. The largest absolute Gasteiger partial charge is 0.435 e. The molecule has 0 spiro atoms. The van der Waals surface area contributed by atoms with Crippen LogP contribution in [0.5, 0.6) is 0 Å². The zero-order valence-corrected chi connectivity index (χ0v) is 20.8. The molecule has 1 atom stereocenters. The standard InChI is InChI=1S/C24H23ClF3N5O2S/c1-23(16-5-3-2-4-6-16)12-17(31-35-23)18-14-36-22(29-18)15-7-9-32(10-8-15)21(34)13-33-20(25)11-19(30-33)24(26,27)28/h2-6,11-12,14-15,31H,7-10,13H2,1H3. The molecule has 0 bridgehead atoms.